The number of nitrogens with zero attached hydrogens (tertiary/aromatic N) is 2. The molecule has 1 atom stereocenters. The van der Waals surface area contributed by atoms with Crippen molar-refractivity contribution in [3.8, 4) is 0 Å². The lowest BCUT2D eigenvalue weighted by Gasteiger charge is -2.11. The van der Waals surface area contributed by atoms with Gasteiger partial charge in [0, 0.05) is 12.6 Å². The van der Waals surface area contributed by atoms with Gasteiger partial charge in [0.15, 0.2) is 0 Å². The van der Waals surface area contributed by atoms with Crippen LogP contribution in [0.4, 0.5) is 0 Å². The van der Waals surface area contributed by atoms with E-state index in [1.807, 2.05) is 4.68 Å². The molecule has 4 heteroatoms. The van der Waals surface area contributed by atoms with Crippen molar-refractivity contribution in [1.82, 2.24) is 9.78 Å². The van der Waals surface area contributed by atoms with E-state index < -0.39 is 0 Å². The quantitative estimate of drug-likeness (QED) is 0.832. The van der Waals surface area contributed by atoms with Crippen LogP contribution in [0.5, 0.6) is 0 Å². The highest BCUT2D eigenvalue weighted by Gasteiger charge is 2.28. The average Bonchev–Trinajstić information content (AvgIpc) is 3.04. The minimum absolute atomic E-state index is 0.348. The van der Waals surface area contributed by atoms with Crippen LogP contribution in [0.2, 0.25) is 5.02 Å². The van der Waals surface area contributed by atoms with Gasteiger partial charge in [-0.2, -0.15) is 5.10 Å². The Labute approximate surface area is 102 Å². The highest BCUT2D eigenvalue weighted by Crippen LogP contribution is 2.33. The second kappa shape index (κ2) is 5.19. The zero-order valence-electron chi connectivity index (χ0n) is 9.82. The molecule has 3 nitrogen and oxygen atoms in total. The van der Waals surface area contributed by atoms with Gasteiger partial charge in [0.2, 0.25) is 0 Å². The van der Waals surface area contributed by atoms with Crippen molar-refractivity contribution >= 4 is 11.6 Å². The summed E-state index contributed by atoms with van der Waals surface area (Å²) in [6, 6.07) is 0.348. The predicted octanol–water partition coefficient (Wildman–Crippen LogP) is 2.62. The first-order valence-corrected chi connectivity index (χ1v) is 6.56. The van der Waals surface area contributed by atoms with Crippen molar-refractivity contribution in [2.75, 3.05) is 0 Å². The standard InChI is InChI=1S/C12H20ClN3/c1-2-7-16-12(10(13)8-15-16)6-5-11(14)9-3-4-9/h8-9,11H,2-7,14H2,1H3. The van der Waals surface area contributed by atoms with Gasteiger partial charge in [0.25, 0.3) is 0 Å². The zero-order valence-corrected chi connectivity index (χ0v) is 10.6. The summed E-state index contributed by atoms with van der Waals surface area (Å²) >= 11 is 6.14. The summed E-state index contributed by atoms with van der Waals surface area (Å²) in [5.74, 6) is 0.765. The molecule has 2 N–H and O–H groups in total. The van der Waals surface area contributed by atoms with Gasteiger partial charge in [-0.3, -0.25) is 4.68 Å². The molecule has 2 rings (SSSR count). The highest BCUT2D eigenvalue weighted by atomic mass is 35.5. The molecule has 1 saturated carbocycles. The van der Waals surface area contributed by atoms with Crippen molar-refractivity contribution in [3.05, 3.63) is 16.9 Å². The molecule has 1 aliphatic carbocycles. The molecule has 1 unspecified atom stereocenters. The Kier molecular flexibility index (Phi) is 3.87. The second-order valence-electron chi connectivity index (χ2n) is 4.70. The Morgan fingerprint density at radius 3 is 3.00 bits per heavy atom. The first-order chi connectivity index (χ1) is 7.72. The fourth-order valence-corrected chi connectivity index (χ4v) is 2.34. The SMILES string of the molecule is CCCn1ncc(Cl)c1CCC(N)C1CC1. The van der Waals surface area contributed by atoms with Crippen molar-refractivity contribution in [2.45, 2.75) is 51.6 Å². The van der Waals surface area contributed by atoms with E-state index >= 15 is 0 Å². The summed E-state index contributed by atoms with van der Waals surface area (Å²) in [7, 11) is 0. The van der Waals surface area contributed by atoms with Crippen LogP contribution in [0.15, 0.2) is 6.20 Å². The number of halogens is 1. The van der Waals surface area contributed by atoms with E-state index in [9.17, 15) is 0 Å². The summed E-state index contributed by atoms with van der Waals surface area (Å²) in [6.45, 7) is 3.09. The van der Waals surface area contributed by atoms with Gasteiger partial charge >= 0.3 is 0 Å². The molecule has 1 aromatic heterocycles. The topological polar surface area (TPSA) is 43.8 Å². The zero-order chi connectivity index (χ0) is 11.5. The molecular formula is C12H20ClN3. The largest absolute Gasteiger partial charge is 0.327 e. The summed E-state index contributed by atoms with van der Waals surface area (Å²) < 4.78 is 2.02. The maximum Gasteiger partial charge on any atom is 0.0817 e. The van der Waals surface area contributed by atoms with Crippen LogP contribution in [-0.4, -0.2) is 15.8 Å². The summed E-state index contributed by atoms with van der Waals surface area (Å²) in [4.78, 5) is 0. The molecule has 16 heavy (non-hydrogen) atoms. The lowest BCUT2D eigenvalue weighted by molar-refractivity contribution is 0.517. The van der Waals surface area contributed by atoms with E-state index in [0.29, 0.717) is 6.04 Å². The van der Waals surface area contributed by atoms with Crippen molar-refractivity contribution in [2.24, 2.45) is 11.7 Å². The molecular weight excluding hydrogens is 222 g/mol. The molecule has 90 valence electrons. The Hall–Kier alpha value is -0.540. The van der Waals surface area contributed by atoms with Crippen LogP contribution in [0.25, 0.3) is 0 Å². The maximum atomic E-state index is 6.14. The van der Waals surface area contributed by atoms with Crippen LogP contribution in [-0.2, 0) is 13.0 Å². The van der Waals surface area contributed by atoms with Gasteiger partial charge in [-0.05, 0) is 38.0 Å². The second-order valence-corrected chi connectivity index (χ2v) is 5.11. The summed E-state index contributed by atoms with van der Waals surface area (Å²) in [5, 5.41) is 5.08. The minimum atomic E-state index is 0.348. The third-order valence-electron chi connectivity index (χ3n) is 3.28. The van der Waals surface area contributed by atoms with E-state index in [-0.39, 0.29) is 0 Å². The lowest BCUT2D eigenvalue weighted by atomic mass is 10.1. The van der Waals surface area contributed by atoms with Gasteiger partial charge < -0.3 is 5.73 Å². The van der Waals surface area contributed by atoms with Crippen LogP contribution >= 0.6 is 11.6 Å². The highest BCUT2D eigenvalue weighted by molar-refractivity contribution is 6.31. The van der Waals surface area contributed by atoms with E-state index in [2.05, 4.69) is 12.0 Å². The summed E-state index contributed by atoms with van der Waals surface area (Å²) in [6.07, 6.45) is 7.43. The predicted molar refractivity (Wildman–Crippen MR) is 66.5 cm³/mol. The van der Waals surface area contributed by atoms with Crippen molar-refractivity contribution in [1.29, 1.82) is 0 Å². The Bertz CT molecular complexity index is 344. The van der Waals surface area contributed by atoms with Gasteiger partial charge in [0.05, 0.1) is 16.9 Å². The van der Waals surface area contributed by atoms with Gasteiger partial charge in [-0.1, -0.05) is 18.5 Å². The van der Waals surface area contributed by atoms with Crippen LogP contribution < -0.4 is 5.73 Å². The number of aryl methyl sites for hydroxylation is 1. The third-order valence-corrected chi connectivity index (χ3v) is 3.59. The molecule has 0 saturated heterocycles. The van der Waals surface area contributed by atoms with Gasteiger partial charge in [-0.25, -0.2) is 0 Å². The first kappa shape index (κ1) is 11.9. The molecule has 1 aromatic rings. The number of hydrogen-bond acceptors (Lipinski definition) is 2. The van der Waals surface area contributed by atoms with Crippen molar-refractivity contribution < 1.29 is 0 Å². The number of aromatic nitrogens is 2. The number of hydrogen-bond donors (Lipinski definition) is 1. The lowest BCUT2D eigenvalue weighted by Crippen LogP contribution is -2.23. The fourth-order valence-electron chi connectivity index (χ4n) is 2.10. The molecule has 0 amide bonds. The maximum absolute atomic E-state index is 6.14. The minimum Gasteiger partial charge on any atom is -0.327 e. The molecule has 0 aromatic carbocycles. The molecule has 0 radical (unpaired) electrons. The molecule has 1 aliphatic rings. The van der Waals surface area contributed by atoms with Crippen LogP contribution in [0.3, 0.4) is 0 Å². The van der Waals surface area contributed by atoms with Gasteiger partial charge in [0.1, 0.15) is 0 Å². The molecule has 0 aliphatic heterocycles. The fraction of sp³-hybridized carbons (Fsp3) is 0.750. The van der Waals surface area contributed by atoms with E-state index in [1.54, 1.807) is 6.20 Å². The van der Waals surface area contributed by atoms with E-state index in [4.69, 9.17) is 17.3 Å². The first-order valence-electron chi connectivity index (χ1n) is 6.18. The monoisotopic (exact) mass is 241 g/mol. The third kappa shape index (κ3) is 2.77. The Morgan fingerprint density at radius 2 is 2.38 bits per heavy atom. The Balaban J connectivity index is 1.93. The molecule has 0 bridgehead atoms. The average molecular weight is 242 g/mol. The Morgan fingerprint density at radius 1 is 1.62 bits per heavy atom. The summed E-state index contributed by atoms with van der Waals surface area (Å²) in [5.41, 5.74) is 7.25. The number of rotatable bonds is 6. The molecule has 1 fully saturated rings. The van der Waals surface area contributed by atoms with Crippen molar-refractivity contribution in [3.63, 3.8) is 0 Å². The normalized spacial score (nSPS) is 17.7. The van der Waals surface area contributed by atoms with Gasteiger partial charge in [-0.15, -0.1) is 0 Å². The molecule has 0 spiro atoms. The van der Waals surface area contributed by atoms with Crippen LogP contribution in [0.1, 0.15) is 38.3 Å². The number of nitrogens with two attached hydrogens (primary N) is 1. The molecule has 1 heterocycles. The van der Waals surface area contributed by atoms with E-state index in [1.165, 1.54) is 12.8 Å². The van der Waals surface area contributed by atoms with E-state index in [0.717, 1.165) is 42.4 Å². The smallest absolute Gasteiger partial charge is 0.0817 e. The van der Waals surface area contributed by atoms with Crippen LogP contribution in [0, 0.1) is 5.92 Å².